The van der Waals surface area contributed by atoms with Gasteiger partial charge < -0.3 is 10.4 Å². The molecule has 2 aromatic heterocycles. The number of aromatic nitrogens is 4. The van der Waals surface area contributed by atoms with Crippen molar-refractivity contribution in [2.24, 2.45) is 0 Å². The SMILES string of the molecule is O=C(Nc1c2cc([C@@H](O)C(F)(F)F)ccc2nn1-c1ccccc1)c1cc(-c2ncccn2)c(C(F)(F)F)cc1F. The molecule has 2 N–H and O–H groups in total. The number of aliphatic hydroxyl groups is 1. The van der Waals surface area contributed by atoms with Crippen LogP contribution in [0.2, 0.25) is 0 Å². The summed E-state index contributed by atoms with van der Waals surface area (Å²) >= 11 is 0. The number of fused-ring (bicyclic) bond motifs is 1. The van der Waals surface area contributed by atoms with Gasteiger partial charge in [0.05, 0.1) is 22.3 Å². The summed E-state index contributed by atoms with van der Waals surface area (Å²) in [6, 6.07) is 13.4. The van der Waals surface area contributed by atoms with Gasteiger partial charge in [0.1, 0.15) is 11.6 Å². The number of para-hydroxylation sites is 1. The summed E-state index contributed by atoms with van der Waals surface area (Å²) in [5, 5.41) is 16.4. The minimum Gasteiger partial charge on any atom is -0.379 e. The van der Waals surface area contributed by atoms with E-state index >= 15 is 4.39 Å². The number of nitrogens with one attached hydrogen (secondary N) is 1. The number of nitrogens with zero attached hydrogens (tertiary/aromatic N) is 4. The fourth-order valence-corrected chi connectivity index (χ4v) is 4.12. The maximum Gasteiger partial charge on any atom is 0.418 e. The molecule has 0 fully saturated rings. The molecule has 14 heteroatoms. The van der Waals surface area contributed by atoms with E-state index in [0.717, 1.165) is 16.8 Å². The fourth-order valence-electron chi connectivity index (χ4n) is 4.12. The van der Waals surface area contributed by atoms with Crippen LogP contribution in [-0.4, -0.2) is 36.9 Å². The number of carbonyl (C=O) groups is 1. The van der Waals surface area contributed by atoms with Gasteiger partial charge in [0.2, 0.25) is 0 Å². The lowest BCUT2D eigenvalue weighted by Crippen LogP contribution is -2.20. The Bertz CT molecular complexity index is 1740. The van der Waals surface area contributed by atoms with E-state index in [9.17, 15) is 36.2 Å². The minimum atomic E-state index is -5.01. The molecule has 0 bridgehead atoms. The van der Waals surface area contributed by atoms with Gasteiger partial charge in [-0.3, -0.25) is 4.79 Å². The third kappa shape index (κ3) is 5.45. The topological polar surface area (TPSA) is 92.9 Å². The zero-order valence-corrected chi connectivity index (χ0v) is 20.4. The molecule has 0 aliphatic rings. The first-order chi connectivity index (χ1) is 19.3. The van der Waals surface area contributed by atoms with Gasteiger partial charge >= 0.3 is 12.4 Å². The van der Waals surface area contributed by atoms with Gasteiger partial charge in [-0.05, 0) is 48.0 Å². The monoisotopic (exact) mass is 575 g/mol. The smallest absolute Gasteiger partial charge is 0.379 e. The van der Waals surface area contributed by atoms with E-state index in [2.05, 4.69) is 20.4 Å². The second-order valence-corrected chi connectivity index (χ2v) is 8.72. The Hall–Kier alpha value is -4.85. The fraction of sp³-hybridized carbons (Fsp3) is 0.111. The van der Waals surface area contributed by atoms with Gasteiger partial charge in [-0.1, -0.05) is 24.3 Å². The summed E-state index contributed by atoms with van der Waals surface area (Å²) in [6.45, 7) is 0. The van der Waals surface area contributed by atoms with Crippen LogP contribution in [0, 0.1) is 5.82 Å². The van der Waals surface area contributed by atoms with E-state index in [1.54, 1.807) is 30.3 Å². The van der Waals surface area contributed by atoms with Crippen LogP contribution in [0.5, 0.6) is 0 Å². The molecule has 7 nitrogen and oxygen atoms in total. The molecule has 0 saturated heterocycles. The number of hydrogen-bond donors (Lipinski definition) is 2. The van der Waals surface area contributed by atoms with Gasteiger partial charge in [-0.25, -0.2) is 19.0 Å². The van der Waals surface area contributed by atoms with Crippen molar-refractivity contribution >= 4 is 22.6 Å². The van der Waals surface area contributed by atoms with Gasteiger partial charge in [0.15, 0.2) is 11.9 Å². The van der Waals surface area contributed by atoms with E-state index in [0.29, 0.717) is 11.8 Å². The second-order valence-electron chi connectivity index (χ2n) is 8.72. The maximum atomic E-state index is 15.0. The standard InChI is InChI=1S/C27H16F7N5O2/c28-20-13-19(26(29,30)31)16(23-35-9-4-10-36-23)12-17(20)25(41)37-24-18-11-14(22(40)27(32,33)34)7-8-21(18)38-39(24)15-5-2-1-3-6-15/h1-13,22,40H,(H,37,41)/t22-/m1/s1. The molecule has 1 amide bonds. The van der Waals surface area contributed by atoms with Gasteiger partial charge in [-0.15, -0.1) is 0 Å². The van der Waals surface area contributed by atoms with Crippen LogP contribution in [0.1, 0.15) is 27.6 Å². The molecule has 210 valence electrons. The number of halogens is 7. The molecular weight excluding hydrogens is 559 g/mol. The average Bonchev–Trinajstić information content (AvgIpc) is 3.29. The lowest BCUT2D eigenvalue weighted by atomic mass is 10.0. The molecule has 2 heterocycles. The summed E-state index contributed by atoms with van der Waals surface area (Å²) in [4.78, 5) is 20.9. The predicted molar refractivity (Wildman–Crippen MR) is 132 cm³/mol. The van der Waals surface area contributed by atoms with E-state index in [-0.39, 0.29) is 22.8 Å². The molecule has 0 saturated carbocycles. The number of hydrogen-bond acceptors (Lipinski definition) is 5. The highest BCUT2D eigenvalue weighted by Crippen LogP contribution is 2.39. The zero-order chi connectivity index (χ0) is 29.5. The van der Waals surface area contributed by atoms with E-state index in [1.807, 2.05) is 0 Å². The number of alkyl halides is 6. The van der Waals surface area contributed by atoms with Crippen molar-refractivity contribution in [1.29, 1.82) is 0 Å². The van der Waals surface area contributed by atoms with Gasteiger partial charge in [0.25, 0.3) is 5.91 Å². The highest BCUT2D eigenvalue weighted by molar-refractivity contribution is 6.09. The minimum absolute atomic E-state index is 0.0538. The first kappa shape index (κ1) is 27.7. The summed E-state index contributed by atoms with van der Waals surface area (Å²) < 4.78 is 96.9. The third-order valence-electron chi connectivity index (χ3n) is 6.02. The Morgan fingerprint density at radius 1 is 0.902 bits per heavy atom. The highest BCUT2D eigenvalue weighted by Gasteiger charge is 2.40. The summed E-state index contributed by atoms with van der Waals surface area (Å²) in [5.41, 5.74) is -3.00. The van der Waals surface area contributed by atoms with E-state index in [1.165, 1.54) is 24.5 Å². The largest absolute Gasteiger partial charge is 0.418 e. The van der Waals surface area contributed by atoms with Crippen molar-refractivity contribution in [2.45, 2.75) is 18.5 Å². The summed E-state index contributed by atoms with van der Waals surface area (Å²) in [7, 11) is 0. The van der Waals surface area contributed by atoms with Crippen LogP contribution in [0.25, 0.3) is 28.0 Å². The molecule has 0 unspecified atom stereocenters. The quantitative estimate of drug-likeness (QED) is 0.234. The van der Waals surface area contributed by atoms with Crippen molar-refractivity contribution < 1.29 is 40.6 Å². The molecule has 0 spiro atoms. The molecule has 1 atom stereocenters. The van der Waals surface area contributed by atoms with E-state index < -0.39 is 58.3 Å². The predicted octanol–water partition coefficient (Wildman–Crippen LogP) is 6.49. The van der Waals surface area contributed by atoms with Gasteiger partial charge in [0, 0.05) is 23.3 Å². The van der Waals surface area contributed by atoms with Crippen molar-refractivity contribution in [1.82, 2.24) is 19.7 Å². The normalized spacial score (nSPS) is 12.9. The second kappa shape index (κ2) is 10.3. The molecule has 41 heavy (non-hydrogen) atoms. The van der Waals surface area contributed by atoms with Crippen molar-refractivity contribution in [3.63, 3.8) is 0 Å². The zero-order valence-electron chi connectivity index (χ0n) is 20.4. The molecule has 3 aromatic carbocycles. The number of aliphatic hydroxyl groups excluding tert-OH is 1. The number of carbonyl (C=O) groups excluding carboxylic acids is 1. The molecule has 0 radical (unpaired) electrons. The molecule has 0 aliphatic carbocycles. The number of amides is 1. The Morgan fingerprint density at radius 3 is 2.22 bits per heavy atom. The first-order valence-electron chi connectivity index (χ1n) is 11.7. The number of benzene rings is 3. The Morgan fingerprint density at radius 2 is 1.59 bits per heavy atom. The third-order valence-corrected chi connectivity index (χ3v) is 6.02. The molecule has 5 rings (SSSR count). The molecular formula is C27H16F7N5O2. The van der Waals surface area contributed by atoms with Crippen LogP contribution < -0.4 is 5.32 Å². The highest BCUT2D eigenvalue weighted by atomic mass is 19.4. The maximum absolute atomic E-state index is 15.0. The van der Waals surface area contributed by atoms with Crippen LogP contribution in [0.4, 0.5) is 36.6 Å². The summed E-state index contributed by atoms with van der Waals surface area (Å²) in [6.07, 6.45) is -10.5. The Labute approximate surface area is 225 Å². The van der Waals surface area contributed by atoms with Crippen LogP contribution in [-0.2, 0) is 6.18 Å². The lowest BCUT2D eigenvalue weighted by molar-refractivity contribution is -0.206. The van der Waals surface area contributed by atoms with Crippen LogP contribution in [0.15, 0.2) is 79.1 Å². The Kier molecular flexibility index (Phi) is 6.95. The average molecular weight is 575 g/mol. The molecule has 0 aliphatic heterocycles. The van der Waals surface area contributed by atoms with Crippen molar-refractivity contribution in [3.05, 3.63) is 102 Å². The van der Waals surface area contributed by atoms with E-state index in [4.69, 9.17) is 0 Å². The molecule has 5 aromatic rings. The van der Waals surface area contributed by atoms with Crippen molar-refractivity contribution in [3.8, 4) is 17.1 Å². The van der Waals surface area contributed by atoms with Gasteiger partial charge in [-0.2, -0.15) is 31.4 Å². The summed E-state index contributed by atoms with van der Waals surface area (Å²) in [5.74, 6) is -3.38. The number of rotatable bonds is 5. The first-order valence-corrected chi connectivity index (χ1v) is 11.7. The van der Waals surface area contributed by atoms with Crippen molar-refractivity contribution in [2.75, 3.05) is 5.32 Å². The van der Waals surface area contributed by atoms with Crippen LogP contribution in [0.3, 0.4) is 0 Å². The number of anilines is 1. The van der Waals surface area contributed by atoms with Crippen LogP contribution >= 0.6 is 0 Å². The lowest BCUT2D eigenvalue weighted by Gasteiger charge is -2.16. The Balaban J connectivity index is 1.65.